The van der Waals surface area contributed by atoms with Crippen molar-refractivity contribution < 1.29 is 14.5 Å². The predicted molar refractivity (Wildman–Crippen MR) is 113 cm³/mol. The van der Waals surface area contributed by atoms with Gasteiger partial charge in [-0.2, -0.15) is 11.3 Å². The molecule has 2 amide bonds. The van der Waals surface area contributed by atoms with Gasteiger partial charge in [0.2, 0.25) is 5.91 Å². The van der Waals surface area contributed by atoms with Gasteiger partial charge in [-0.25, -0.2) is 4.98 Å². The molecule has 0 atom stereocenters. The van der Waals surface area contributed by atoms with Gasteiger partial charge in [-0.05, 0) is 24.8 Å². The zero-order valence-electron chi connectivity index (χ0n) is 15.5. The molecule has 2 N–H and O–H groups in total. The highest BCUT2D eigenvalue weighted by Crippen LogP contribution is 2.29. The molecule has 0 fully saturated rings. The second-order valence-electron chi connectivity index (χ2n) is 6.22. The van der Waals surface area contributed by atoms with Gasteiger partial charge < -0.3 is 10.6 Å². The molecular formula is C19H18N4O4S2. The molecule has 0 radical (unpaired) electrons. The van der Waals surface area contributed by atoms with E-state index >= 15 is 0 Å². The molecule has 150 valence electrons. The van der Waals surface area contributed by atoms with Crippen LogP contribution < -0.4 is 10.6 Å². The number of nitrogens with one attached hydrogen (secondary N) is 2. The fraction of sp³-hybridized carbons (Fsp3) is 0.211. The normalized spacial score (nSPS) is 10.5. The number of thiophene rings is 1. The SMILES string of the molecule is Cc1ccc(-c2csc(NC(=O)CCCNC(=O)c3ccsc3)n2)cc1[N+](=O)[O-]. The zero-order chi connectivity index (χ0) is 20.8. The molecule has 0 aliphatic heterocycles. The van der Waals surface area contributed by atoms with Crippen LogP contribution in [0.25, 0.3) is 11.3 Å². The van der Waals surface area contributed by atoms with Crippen molar-refractivity contribution in [2.75, 3.05) is 11.9 Å². The van der Waals surface area contributed by atoms with Gasteiger partial charge in [0.25, 0.3) is 11.6 Å². The van der Waals surface area contributed by atoms with Crippen molar-refractivity contribution in [2.45, 2.75) is 19.8 Å². The number of thiazole rings is 1. The molecule has 8 nitrogen and oxygen atoms in total. The predicted octanol–water partition coefficient (Wildman–Crippen LogP) is 4.24. The maximum atomic E-state index is 12.1. The summed E-state index contributed by atoms with van der Waals surface area (Å²) in [6.45, 7) is 2.08. The van der Waals surface area contributed by atoms with E-state index in [4.69, 9.17) is 0 Å². The van der Waals surface area contributed by atoms with Gasteiger partial charge in [0.1, 0.15) is 0 Å². The quantitative estimate of drug-likeness (QED) is 0.315. The second-order valence-corrected chi connectivity index (χ2v) is 7.85. The second kappa shape index (κ2) is 9.39. The standard InChI is InChI=1S/C19H18N4O4S2/c1-12-4-5-13(9-16(12)23(26)27)15-11-29-19(21-15)22-17(24)3-2-7-20-18(25)14-6-8-28-10-14/h4-6,8-11H,2-3,7H2,1H3,(H,20,25)(H,21,22,24). The van der Waals surface area contributed by atoms with E-state index in [0.29, 0.717) is 40.5 Å². The highest BCUT2D eigenvalue weighted by Gasteiger charge is 2.14. The number of aryl methyl sites for hydroxylation is 1. The van der Waals surface area contributed by atoms with Gasteiger partial charge in [-0.1, -0.05) is 12.1 Å². The number of nitro benzene ring substituents is 1. The number of amides is 2. The molecule has 2 aromatic heterocycles. The van der Waals surface area contributed by atoms with E-state index in [-0.39, 0.29) is 23.9 Å². The van der Waals surface area contributed by atoms with Crippen LogP contribution in [-0.4, -0.2) is 28.3 Å². The van der Waals surface area contributed by atoms with Crippen LogP contribution in [0, 0.1) is 17.0 Å². The molecule has 1 aromatic carbocycles. The van der Waals surface area contributed by atoms with Gasteiger partial charge in [-0.3, -0.25) is 19.7 Å². The average Bonchev–Trinajstić information content (AvgIpc) is 3.37. The first kappa shape index (κ1) is 20.6. The lowest BCUT2D eigenvalue weighted by Crippen LogP contribution is -2.25. The van der Waals surface area contributed by atoms with Crippen LogP contribution in [0.1, 0.15) is 28.8 Å². The highest BCUT2D eigenvalue weighted by atomic mass is 32.1. The summed E-state index contributed by atoms with van der Waals surface area (Å²) in [5, 5.41) is 22.4. The summed E-state index contributed by atoms with van der Waals surface area (Å²) in [6, 6.07) is 6.66. The fourth-order valence-corrected chi connectivity index (χ4v) is 3.93. The summed E-state index contributed by atoms with van der Waals surface area (Å²) in [6.07, 6.45) is 0.749. The van der Waals surface area contributed by atoms with Gasteiger partial charge in [0.05, 0.1) is 10.6 Å². The number of nitrogens with zero attached hydrogens (tertiary/aromatic N) is 2. The Hall–Kier alpha value is -3.11. The Bertz CT molecular complexity index is 1030. The van der Waals surface area contributed by atoms with E-state index in [1.165, 1.54) is 28.7 Å². The van der Waals surface area contributed by atoms with Crippen molar-refractivity contribution in [2.24, 2.45) is 0 Å². The number of carbonyl (C=O) groups is 2. The first-order valence-electron chi connectivity index (χ1n) is 8.75. The topological polar surface area (TPSA) is 114 Å². The lowest BCUT2D eigenvalue weighted by atomic mass is 10.1. The Morgan fingerprint density at radius 1 is 1.24 bits per heavy atom. The van der Waals surface area contributed by atoms with Crippen LogP contribution in [-0.2, 0) is 4.79 Å². The number of benzene rings is 1. The Kier molecular flexibility index (Phi) is 6.68. The maximum Gasteiger partial charge on any atom is 0.272 e. The molecule has 3 rings (SSSR count). The van der Waals surface area contributed by atoms with Crippen LogP contribution in [0.2, 0.25) is 0 Å². The zero-order valence-corrected chi connectivity index (χ0v) is 17.1. The number of nitro groups is 1. The summed E-state index contributed by atoms with van der Waals surface area (Å²) in [4.78, 5) is 38.9. The number of hydrogen-bond donors (Lipinski definition) is 2. The Morgan fingerprint density at radius 3 is 2.79 bits per heavy atom. The monoisotopic (exact) mass is 430 g/mol. The van der Waals surface area contributed by atoms with Gasteiger partial charge in [0.15, 0.2) is 5.13 Å². The van der Waals surface area contributed by atoms with Crippen LogP contribution >= 0.6 is 22.7 Å². The highest BCUT2D eigenvalue weighted by molar-refractivity contribution is 7.14. The minimum atomic E-state index is -0.426. The van der Waals surface area contributed by atoms with Crippen LogP contribution in [0.3, 0.4) is 0 Å². The summed E-state index contributed by atoms with van der Waals surface area (Å²) >= 11 is 2.70. The molecule has 0 aliphatic carbocycles. The molecule has 0 aliphatic rings. The van der Waals surface area contributed by atoms with E-state index in [1.54, 1.807) is 35.9 Å². The smallest absolute Gasteiger partial charge is 0.272 e. The molecule has 29 heavy (non-hydrogen) atoms. The molecule has 2 heterocycles. The summed E-state index contributed by atoms with van der Waals surface area (Å²) < 4.78 is 0. The van der Waals surface area contributed by atoms with Crippen molar-refractivity contribution >= 4 is 45.3 Å². The molecule has 0 bridgehead atoms. The van der Waals surface area contributed by atoms with Gasteiger partial charge in [-0.15, -0.1) is 11.3 Å². The first-order valence-corrected chi connectivity index (χ1v) is 10.6. The number of rotatable bonds is 8. The minimum Gasteiger partial charge on any atom is -0.352 e. The molecule has 0 unspecified atom stereocenters. The number of hydrogen-bond acceptors (Lipinski definition) is 7. The molecular weight excluding hydrogens is 412 g/mol. The lowest BCUT2D eigenvalue weighted by molar-refractivity contribution is -0.385. The Labute approximate surface area is 174 Å². The minimum absolute atomic E-state index is 0.0329. The summed E-state index contributed by atoms with van der Waals surface area (Å²) in [5.41, 5.74) is 2.41. The summed E-state index contributed by atoms with van der Waals surface area (Å²) in [7, 11) is 0. The number of aromatic nitrogens is 1. The third-order valence-corrected chi connectivity index (χ3v) is 5.54. The van der Waals surface area contributed by atoms with Gasteiger partial charge in [0, 0.05) is 46.5 Å². The summed E-state index contributed by atoms with van der Waals surface area (Å²) in [5.74, 6) is -0.353. The van der Waals surface area contributed by atoms with Crippen LogP contribution in [0.5, 0.6) is 0 Å². The third-order valence-electron chi connectivity index (χ3n) is 4.10. The lowest BCUT2D eigenvalue weighted by Gasteiger charge is -2.04. The van der Waals surface area contributed by atoms with E-state index in [9.17, 15) is 19.7 Å². The van der Waals surface area contributed by atoms with E-state index in [1.807, 2.05) is 5.38 Å². The largest absolute Gasteiger partial charge is 0.352 e. The van der Waals surface area contributed by atoms with E-state index in [2.05, 4.69) is 15.6 Å². The van der Waals surface area contributed by atoms with Crippen molar-refractivity contribution in [3.05, 3.63) is 61.6 Å². The van der Waals surface area contributed by atoms with Crippen LogP contribution in [0.4, 0.5) is 10.8 Å². The molecule has 0 spiro atoms. The van der Waals surface area contributed by atoms with Crippen LogP contribution in [0.15, 0.2) is 40.4 Å². The molecule has 3 aromatic rings. The molecule has 10 heteroatoms. The maximum absolute atomic E-state index is 12.1. The van der Waals surface area contributed by atoms with Gasteiger partial charge >= 0.3 is 0 Å². The third kappa shape index (κ3) is 5.46. The fourth-order valence-electron chi connectivity index (χ4n) is 2.56. The Balaban J connectivity index is 1.49. The van der Waals surface area contributed by atoms with Crippen molar-refractivity contribution in [3.63, 3.8) is 0 Å². The average molecular weight is 431 g/mol. The first-order chi connectivity index (χ1) is 13.9. The number of carbonyl (C=O) groups excluding carboxylic acids is 2. The molecule has 0 saturated carbocycles. The van der Waals surface area contributed by atoms with Crippen molar-refractivity contribution in [1.82, 2.24) is 10.3 Å². The van der Waals surface area contributed by atoms with E-state index < -0.39 is 4.92 Å². The molecule has 0 saturated heterocycles. The van der Waals surface area contributed by atoms with Crippen molar-refractivity contribution in [3.8, 4) is 11.3 Å². The van der Waals surface area contributed by atoms with Crippen molar-refractivity contribution in [1.29, 1.82) is 0 Å². The number of anilines is 1. The van der Waals surface area contributed by atoms with E-state index in [0.717, 1.165) is 0 Å². The Morgan fingerprint density at radius 2 is 2.07 bits per heavy atom.